The van der Waals surface area contributed by atoms with Gasteiger partial charge in [0.15, 0.2) is 0 Å². The van der Waals surface area contributed by atoms with Gasteiger partial charge in [0.25, 0.3) is 0 Å². The second kappa shape index (κ2) is 4.28. The summed E-state index contributed by atoms with van der Waals surface area (Å²) >= 11 is 0. The minimum absolute atomic E-state index is 0.0473. The van der Waals surface area contributed by atoms with E-state index in [1.165, 1.54) is 6.07 Å². The molecule has 3 aromatic rings. The highest BCUT2D eigenvalue weighted by Crippen LogP contribution is 2.30. The lowest BCUT2D eigenvalue weighted by molar-refractivity contribution is 0.475. The quantitative estimate of drug-likeness (QED) is 0.721. The molecule has 0 aliphatic heterocycles. The third kappa shape index (κ3) is 1.80. The number of hydrogen-bond acceptors (Lipinski definition) is 3. The predicted octanol–water partition coefficient (Wildman–Crippen LogP) is 3.47. The first-order valence-corrected chi connectivity index (χ1v) is 5.99. The Morgan fingerprint density at radius 3 is 2.47 bits per heavy atom. The molecule has 0 aliphatic rings. The van der Waals surface area contributed by atoms with Gasteiger partial charge in [0, 0.05) is 11.1 Å². The van der Waals surface area contributed by atoms with E-state index in [-0.39, 0.29) is 11.1 Å². The summed E-state index contributed by atoms with van der Waals surface area (Å²) in [6, 6.07) is 14.5. The molecule has 3 nitrogen and oxygen atoms in total. The average Bonchev–Trinajstić information content (AvgIpc) is 2.43. The highest BCUT2D eigenvalue weighted by atomic mass is 16.4. The molecule has 0 saturated heterocycles. The van der Waals surface area contributed by atoms with Gasteiger partial charge in [0.05, 0.1) is 0 Å². The van der Waals surface area contributed by atoms with Crippen molar-refractivity contribution in [3.63, 3.8) is 0 Å². The van der Waals surface area contributed by atoms with E-state index in [4.69, 9.17) is 4.42 Å². The number of hydrogen-bond donors (Lipinski definition) is 1. The summed E-state index contributed by atoms with van der Waals surface area (Å²) in [5.41, 5.74) is 1.18. The number of aryl methyl sites for hydroxylation is 1. The van der Waals surface area contributed by atoms with E-state index < -0.39 is 5.63 Å². The molecule has 19 heavy (non-hydrogen) atoms. The van der Waals surface area contributed by atoms with Crippen LogP contribution in [0.4, 0.5) is 0 Å². The molecule has 2 aromatic carbocycles. The number of benzene rings is 2. The van der Waals surface area contributed by atoms with Crippen molar-refractivity contribution in [2.24, 2.45) is 0 Å². The van der Waals surface area contributed by atoms with Gasteiger partial charge < -0.3 is 9.52 Å². The Kier molecular flexibility index (Phi) is 2.60. The van der Waals surface area contributed by atoms with E-state index in [0.717, 1.165) is 16.5 Å². The molecule has 0 unspecified atom stereocenters. The van der Waals surface area contributed by atoms with Crippen LogP contribution >= 0.6 is 0 Å². The van der Waals surface area contributed by atoms with Crippen molar-refractivity contribution in [2.45, 2.75) is 6.92 Å². The van der Waals surface area contributed by atoms with Crippen molar-refractivity contribution in [3.8, 4) is 17.1 Å². The molecular formula is C16H12O3. The molecule has 1 aromatic heterocycles. The molecule has 1 N–H and O–H groups in total. The van der Waals surface area contributed by atoms with Gasteiger partial charge in [0.2, 0.25) is 0 Å². The zero-order valence-corrected chi connectivity index (χ0v) is 10.4. The molecule has 0 spiro atoms. The standard InChI is InChI=1S/C16H12O3/c1-10-12-8-5-9-13(17)14(12)16(18)19-15(10)11-6-3-2-4-7-11/h2-9,17H,1H3. The fourth-order valence-electron chi connectivity index (χ4n) is 2.27. The molecule has 0 aliphatic carbocycles. The van der Waals surface area contributed by atoms with Gasteiger partial charge in [-0.3, -0.25) is 0 Å². The van der Waals surface area contributed by atoms with Crippen molar-refractivity contribution < 1.29 is 9.52 Å². The molecule has 0 amide bonds. The van der Waals surface area contributed by atoms with Crippen molar-refractivity contribution in [1.29, 1.82) is 0 Å². The van der Waals surface area contributed by atoms with E-state index in [2.05, 4.69) is 0 Å². The molecule has 0 radical (unpaired) electrons. The summed E-state index contributed by atoms with van der Waals surface area (Å²) in [6.07, 6.45) is 0. The first-order valence-electron chi connectivity index (χ1n) is 5.99. The van der Waals surface area contributed by atoms with Crippen LogP contribution in [-0.4, -0.2) is 5.11 Å². The van der Waals surface area contributed by atoms with Crippen LogP contribution in [0.2, 0.25) is 0 Å². The Balaban J connectivity index is 2.42. The first-order chi connectivity index (χ1) is 9.18. The van der Waals surface area contributed by atoms with Crippen LogP contribution in [0.1, 0.15) is 5.56 Å². The third-order valence-corrected chi connectivity index (χ3v) is 3.22. The smallest absolute Gasteiger partial charge is 0.347 e. The number of phenolic OH excluding ortho intramolecular Hbond substituents is 1. The van der Waals surface area contributed by atoms with Crippen LogP contribution in [0.25, 0.3) is 22.1 Å². The monoisotopic (exact) mass is 252 g/mol. The van der Waals surface area contributed by atoms with Gasteiger partial charge in [-0.25, -0.2) is 4.79 Å². The molecule has 94 valence electrons. The zero-order valence-electron chi connectivity index (χ0n) is 10.4. The lowest BCUT2D eigenvalue weighted by atomic mass is 10.0. The van der Waals surface area contributed by atoms with Gasteiger partial charge in [-0.05, 0) is 18.4 Å². The number of aromatic hydroxyl groups is 1. The number of phenols is 1. The Labute approximate surface area is 109 Å². The Hall–Kier alpha value is -2.55. The van der Waals surface area contributed by atoms with Gasteiger partial charge in [-0.15, -0.1) is 0 Å². The molecule has 0 bridgehead atoms. The zero-order chi connectivity index (χ0) is 13.4. The maximum atomic E-state index is 12.0. The van der Waals surface area contributed by atoms with Crippen LogP contribution in [0.5, 0.6) is 5.75 Å². The fourth-order valence-corrected chi connectivity index (χ4v) is 2.27. The Bertz CT molecular complexity index is 801. The fraction of sp³-hybridized carbons (Fsp3) is 0.0625. The minimum atomic E-state index is -0.516. The normalized spacial score (nSPS) is 10.8. The summed E-state index contributed by atoms with van der Waals surface area (Å²) in [5.74, 6) is 0.498. The van der Waals surface area contributed by atoms with E-state index in [0.29, 0.717) is 5.76 Å². The Morgan fingerprint density at radius 1 is 1.00 bits per heavy atom. The van der Waals surface area contributed by atoms with E-state index in [9.17, 15) is 9.90 Å². The summed E-state index contributed by atoms with van der Waals surface area (Å²) in [5, 5.41) is 10.7. The maximum absolute atomic E-state index is 12.0. The van der Waals surface area contributed by atoms with Gasteiger partial charge in [-0.1, -0.05) is 42.5 Å². The molecule has 0 atom stereocenters. The van der Waals surface area contributed by atoms with Crippen LogP contribution < -0.4 is 5.63 Å². The van der Waals surface area contributed by atoms with Crippen LogP contribution in [0.3, 0.4) is 0 Å². The molecule has 1 heterocycles. The number of rotatable bonds is 1. The lowest BCUT2D eigenvalue weighted by Gasteiger charge is -2.08. The topological polar surface area (TPSA) is 50.4 Å². The molecule has 3 rings (SSSR count). The van der Waals surface area contributed by atoms with Crippen molar-refractivity contribution in [1.82, 2.24) is 0 Å². The lowest BCUT2D eigenvalue weighted by Crippen LogP contribution is -2.03. The minimum Gasteiger partial charge on any atom is -0.507 e. The van der Waals surface area contributed by atoms with E-state index in [1.807, 2.05) is 43.3 Å². The van der Waals surface area contributed by atoms with Gasteiger partial charge in [-0.2, -0.15) is 0 Å². The summed E-state index contributed by atoms with van der Waals surface area (Å²) in [4.78, 5) is 12.0. The molecule has 0 saturated carbocycles. The highest BCUT2D eigenvalue weighted by Gasteiger charge is 2.14. The summed E-state index contributed by atoms with van der Waals surface area (Å²) in [7, 11) is 0. The van der Waals surface area contributed by atoms with Crippen LogP contribution in [0.15, 0.2) is 57.7 Å². The maximum Gasteiger partial charge on any atom is 0.347 e. The molecular weight excluding hydrogens is 240 g/mol. The van der Waals surface area contributed by atoms with E-state index >= 15 is 0 Å². The van der Waals surface area contributed by atoms with Crippen molar-refractivity contribution >= 4 is 10.8 Å². The first kappa shape index (κ1) is 11.5. The largest absolute Gasteiger partial charge is 0.507 e. The Morgan fingerprint density at radius 2 is 1.74 bits per heavy atom. The third-order valence-electron chi connectivity index (χ3n) is 3.22. The van der Waals surface area contributed by atoms with Gasteiger partial charge >= 0.3 is 5.63 Å². The van der Waals surface area contributed by atoms with Crippen LogP contribution in [0, 0.1) is 6.92 Å². The average molecular weight is 252 g/mol. The van der Waals surface area contributed by atoms with Crippen molar-refractivity contribution in [2.75, 3.05) is 0 Å². The van der Waals surface area contributed by atoms with E-state index in [1.54, 1.807) is 6.07 Å². The van der Waals surface area contributed by atoms with Crippen molar-refractivity contribution in [3.05, 3.63) is 64.5 Å². The summed E-state index contributed by atoms with van der Waals surface area (Å²) < 4.78 is 5.37. The molecule has 3 heteroatoms. The summed E-state index contributed by atoms with van der Waals surface area (Å²) in [6.45, 7) is 1.88. The van der Waals surface area contributed by atoms with Gasteiger partial charge in [0.1, 0.15) is 16.9 Å². The molecule has 0 fully saturated rings. The highest BCUT2D eigenvalue weighted by molar-refractivity contribution is 5.92. The predicted molar refractivity (Wildman–Crippen MR) is 74.3 cm³/mol. The second-order valence-corrected chi connectivity index (χ2v) is 4.41. The SMILES string of the molecule is Cc1c(-c2ccccc2)oc(=O)c2c(O)cccc12. The second-order valence-electron chi connectivity index (χ2n) is 4.41. The van der Waals surface area contributed by atoms with Crippen LogP contribution in [-0.2, 0) is 0 Å². The number of fused-ring (bicyclic) bond motifs is 1.